The molecule has 0 unspecified atom stereocenters. The van der Waals surface area contributed by atoms with Crippen molar-refractivity contribution in [3.63, 3.8) is 0 Å². The van der Waals surface area contributed by atoms with Crippen molar-refractivity contribution in [2.24, 2.45) is 0 Å². The third-order valence-corrected chi connectivity index (χ3v) is 16.8. The van der Waals surface area contributed by atoms with Crippen LogP contribution in [-0.2, 0) is 0 Å². The molecule has 0 amide bonds. The molecule has 17 rings (SSSR count). The van der Waals surface area contributed by atoms with Gasteiger partial charge in [0.05, 0.1) is 66.9 Å². The Hall–Kier alpha value is -11.1. The number of hydrogen-bond acceptors (Lipinski definition) is 2. The predicted octanol–water partition coefficient (Wildman–Crippen LogP) is 19.5. The maximum absolute atomic E-state index is 5.40. The first-order valence-corrected chi connectivity index (χ1v) is 28.0. The van der Waals surface area contributed by atoms with E-state index in [1.807, 2.05) is 12.1 Å². The van der Waals surface area contributed by atoms with Gasteiger partial charge in [0.25, 0.3) is 0 Å². The number of benzene rings is 12. The molecule has 12 aromatic carbocycles. The van der Waals surface area contributed by atoms with Gasteiger partial charge in [-0.15, -0.1) is 0 Å². The highest BCUT2D eigenvalue weighted by Gasteiger charge is 2.24. The smallest absolute Gasteiger partial charge is 0.160 e. The van der Waals surface area contributed by atoms with Gasteiger partial charge in [-0.2, -0.15) is 0 Å². The van der Waals surface area contributed by atoms with E-state index >= 15 is 0 Å². The summed E-state index contributed by atoms with van der Waals surface area (Å²) in [5, 5.41) is 9.69. The van der Waals surface area contributed by atoms with E-state index in [0.717, 1.165) is 84.0 Å². The van der Waals surface area contributed by atoms with Crippen LogP contribution in [0.2, 0.25) is 0 Å². The zero-order valence-electron chi connectivity index (χ0n) is 44.4. The summed E-state index contributed by atoms with van der Waals surface area (Å²) >= 11 is 0. The van der Waals surface area contributed by atoms with Crippen LogP contribution in [0.1, 0.15) is 0 Å². The Morgan fingerprint density at radius 2 is 0.561 bits per heavy atom. The molecule has 5 heterocycles. The van der Waals surface area contributed by atoms with Gasteiger partial charge in [0.2, 0.25) is 0 Å². The Morgan fingerprint density at radius 1 is 0.207 bits per heavy atom. The molecule has 0 aliphatic rings. The van der Waals surface area contributed by atoms with Crippen LogP contribution in [0.3, 0.4) is 0 Å². The van der Waals surface area contributed by atoms with Crippen LogP contribution >= 0.6 is 0 Å². The predicted molar refractivity (Wildman–Crippen MR) is 341 cm³/mol. The molecule has 0 atom stereocenters. The maximum Gasteiger partial charge on any atom is 0.160 e. The fourth-order valence-corrected chi connectivity index (χ4v) is 13.2. The fraction of sp³-hybridized carbons (Fsp3) is 0. The molecule has 0 aliphatic carbocycles. The second kappa shape index (κ2) is 18.2. The zero-order chi connectivity index (χ0) is 53.8. The van der Waals surface area contributed by atoms with Crippen LogP contribution in [0.5, 0.6) is 0 Å². The lowest BCUT2D eigenvalue weighted by Gasteiger charge is -2.20. The van der Waals surface area contributed by atoms with Crippen molar-refractivity contribution in [3.8, 4) is 67.8 Å². The second-order valence-corrected chi connectivity index (χ2v) is 21.3. The summed E-state index contributed by atoms with van der Waals surface area (Å²) in [6.07, 6.45) is 0. The summed E-state index contributed by atoms with van der Waals surface area (Å²) < 4.78 is 9.79. The summed E-state index contributed by atoms with van der Waals surface area (Å²) in [5.41, 5.74) is 20.5. The number of nitrogens with zero attached hydrogens (tertiary/aromatic N) is 6. The number of hydrogen-bond donors (Lipinski definition) is 0. The van der Waals surface area contributed by atoms with Crippen molar-refractivity contribution in [1.29, 1.82) is 0 Å². The molecule has 0 bridgehead atoms. The summed E-state index contributed by atoms with van der Waals surface area (Å²) in [6.45, 7) is 0. The van der Waals surface area contributed by atoms with Crippen LogP contribution in [-0.4, -0.2) is 28.2 Å². The Labute approximate surface area is 471 Å². The Balaban J connectivity index is 0.919. The topological polar surface area (TPSA) is 45.5 Å². The molecule has 0 N–H and O–H groups in total. The maximum atomic E-state index is 5.40. The monoisotopic (exact) mass is 1040 g/mol. The van der Waals surface area contributed by atoms with Crippen LogP contribution in [0.4, 0.5) is 0 Å². The average Bonchev–Trinajstić information content (AvgIpc) is 2.77. The van der Waals surface area contributed by atoms with Crippen LogP contribution < -0.4 is 0 Å². The van der Waals surface area contributed by atoms with Crippen LogP contribution in [0.25, 0.3) is 155 Å². The minimum atomic E-state index is 0.676. The lowest BCUT2D eigenvalue weighted by atomic mass is 9.97. The van der Waals surface area contributed by atoms with Gasteiger partial charge < -0.3 is 18.3 Å². The Kier molecular flexibility index (Phi) is 10.2. The lowest BCUT2D eigenvalue weighted by molar-refractivity contribution is 1.15. The van der Waals surface area contributed by atoms with E-state index in [1.165, 1.54) is 65.2 Å². The van der Waals surface area contributed by atoms with Gasteiger partial charge >= 0.3 is 0 Å². The fourth-order valence-electron chi connectivity index (χ4n) is 13.2. The minimum Gasteiger partial charge on any atom is -0.309 e. The molecule has 0 saturated carbocycles. The van der Waals surface area contributed by atoms with E-state index in [-0.39, 0.29) is 0 Å². The van der Waals surface area contributed by atoms with Gasteiger partial charge in [-0.25, -0.2) is 9.97 Å². The van der Waals surface area contributed by atoms with Crippen molar-refractivity contribution >= 4 is 87.2 Å². The van der Waals surface area contributed by atoms with Gasteiger partial charge in [-0.3, -0.25) is 0 Å². The molecule has 0 radical (unpaired) electrons. The molecule has 6 nitrogen and oxygen atoms in total. The minimum absolute atomic E-state index is 0.676. The van der Waals surface area contributed by atoms with Gasteiger partial charge in [0.15, 0.2) is 5.82 Å². The van der Waals surface area contributed by atoms with Crippen molar-refractivity contribution < 1.29 is 0 Å². The molecule has 0 fully saturated rings. The summed E-state index contributed by atoms with van der Waals surface area (Å²) in [4.78, 5) is 10.6. The molecule has 382 valence electrons. The summed E-state index contributed by atoms with van der Waals surface area (Å²) in [5.74, 6) is 0.676. The molecule has 6 heteroatoms. The highest BCUT2D eigenvalue weighted by atomic mass is 15.0. The lowest BCUT2D eigenvalue weighted by Crippen LogP contribution is -2.03. The number of para-hydroxylation sites is 7. The largest absolute Gasteiger partial charge is 0.309 e. The van der Waals surface area contributed by atoms with E-state index in [0.29, 0.717) is 5.82 Å². The van der Waals surface area contributed by atoms with Crippen molar-refractivity contribution in [2.45, 2.75) is 0 Å². The molecule has 0 spiro atoms. The van der Waals surface area contributed by atoms with Gasteiger partial charge in [0.1, 0.15) is 0 Å². The zero-order valence-corrected chi connectivity index (χ0v) is 44.4. The molecule has 5 aromatic heterocycles. The van der Waals surface area contributed by atoms with E-state index in [1.54, 1.807) is 0 Å². The Morgan fingerprint density at radius 3 is 1.05 bits per heavy atom. The normalized spacial score (nSPS) is 11.9. The third-order valence-electron chi connectivity index (χ3n) is 16.8. The van der Waals surface area contributed by atoms with E-state index in [4.69, 9.17) is 9.97 Å². The van der Waals surface area contributed by atoms with Crippen LogP contribution in [0, 0.1) is 0 Å². The second-order valence-electron chi connectivity index (χ2n) is 21.3. The highest BCUT2D eigenvalue weighted by Crippen LogP contribution is 2.44. The molecule has 0 aliphatic heterocycles. The first-order valence-electron chi connectivity index (χ1n) is 28.0. The average molecular weight is 1050 g/mol. The molecular weight excluding hydrogens is 997 g/mol. The first kappa shape index (κ1) is 45.9. The molecule has 82 heavy (non-hydrogen) atoms. The SMILES string of the molecule is c1ccc(-c2cc(-c3ccc(-c4ccccc4-n4c5ccccc5c5cc(-n6c7ccccc7c7ccccc76)ccc54)c(-n4c5ccccc5c5cc(-n6c7ccccc7c7ccccc76)ccc54)c3)nc(-c3ccccc3)n2)cc1. The van der Waals surface area contributed by atoms with E-state index < -0.39 is 0 Å². The van der Waals surface area contributed by atoms with Crippen LogP contribution in [0.15, 0.2) is 291 Å². The van der Waals surface area contributed by atoms with E-state index in [2.05, 4.69) is 297 Å². The summed E-state index contributed by atoms with van der Waals surface area (Å²) in [7, 11) is 0. The van der Waals surface area contributed by atoms with Gasteiger partial charge in [-0.1, -0.05) is 200 Å². The number of aromatic nitrogens is 6. The first-order chi connectivity index (χ1) is 40.7. The molecular formula is C76H48N6. The standard InChI is InChI=1S/C76H48N6/c1-3-21-49(22-4-1)64-48-65(78-76(77-64)50-23-5-2-6-24-50)51-39-42-61(75(45-51)82-72-38-20-13-31-60(72)63-47-53(41-44-74(63)82)80-68-34-16-9-27-56(68)57-28-10-17-35-69(57)80)58-29-11-18-36-70(58)81-71-37-19-12-30-59(71)62-46-52(40-43-73(62)81)79-66-32-14-7-25-54(66)55-26-8-15-33-67(55)79/h1-48H. The molecule has 0 saturated heterocycles. The summed E-state index contributed by atoms with van der Waals surface area (Å²) in [6, 6.07) is 105. The third kappa shape index (κ3) is 7.01. The number of fused-ring (bicyclic) bond motifs is 12. The quantitative estimate of drug-likeness (QED) is 0.152. The van der Waals surface area contributed by atoms with Gasteiger partial charge in [0, 0.05) is 82.3 Å². The Bertz CT molecular complexity index is 5240. The highest BCUT2D eigenvalue weighted by molar-refractivity contribution is 6.15. The molecule has 17 aromatic rings. The number of rotatable bonds is 8. The van der Waals surface area contributed by atoms with E-state index in [9.17, 15) is 0 Å². The van der Waals surface area contributed by atoms with Crippen molar-refractivity contribution in [3.05, 3.63) is 291 Å². The van der Waals surface area contributed by atoms with Gasteiger partial charge in [-0.05, 0) is 91.0 Å². The van der Waals surface area contributed by atoms with Crippen molar-refractivity contribution in [1.82, 2.24) is 28.2 Å². The van der Waals surface area contributed by atoms with Crippen molar-refractivity contribution in [2.75, 3.05) is 0 Å².